The van der Waals surface area contributed by atoms with Gasteiger partial charge in [-0.15, -0.1) is 0 Å². The van der Waals surface area contributed by atoms with E-state index in [0.29, 0.717) is 0 Å². The third-order valence-corrected chi connectivity index (χ3v) is 2.29. The van der Waals surface area contributed by atoms with Crippen LogP contribution in [0.3, 0.4) is 0 Å². The normalized spacial score (nSPS) is 11.8. The van der Waals surface area contributed by atoms with E-state index in [4.69, 9.17) is 5.11 Å². The van der Waals surface area contributed by atoms with Crippen molar-refractivity contribution in [3.8, 4) is 0 Å². The van der Waals surface area contributed by atoms with Crippen LogP contribution in [0.15, 0.2) is 12.4 Å². The summed E-state index contributed by atoms with van der Waals surface area (Å²) in [5, 5.41) is 12.4. The lowest BCUT2D eigenvalue weighted by Gasteiger charge is -2.18. The van der Waals surface area contributed by atoms with Crippen LogP contribution in [0.25, 0.3) is 5.78 Å². The predicted molar refractivity (Wildman–Crippen MR) is 56.7 cm³/mol. The average Bonchev–Trinajstić information content (AvgIpc) is 2.72. The molecule has 2 aromatic heterocycles. The minimum absolute atomic E-state index is 0.0581. The van der Waals surface area contributed by atoms with Crippen molar-refractivity contribution in [2.24, 2.45) is 0 Å². The second kappa shape index (κ2) is 4.37. The number of nitrogens with zero attached hydrogens (tertiary/aromatic N) is 5. The molecular weight excluding hydrogens is 267 g/mol. The summed E-state index contributed by atoms with van der Waals surface area (Å²) in [4.78, 5) is 18.6. The van der Waals surface area contributed by atoms with E-state index in [1.807, 2.05) is 0 Å². The maximum Gasteiger partial charge on any atom is 0.433 e. The van der Waals surface area contributed by atoms with Gasteiger partial charge in [0.15, 0.2) is 5.69 Å². The molecule has 0 atom stereocenters. The zero-order valence-corrected chi connectivity index (χ0v) is 9.59. The number of carbonyl (C=O) groups is 1. The Kier molecular flexibility index (Phi) is 3.00. The number of likely N-dealkylation sites (N-methyl/N-ethyl adjacent to an activating group) is 1. The second-order valence-corrected chi connectivity index (χ2v) is 3.72. The molecule has 0 bridgehead atoms. The van der Waals surface area contributed by atoms with E-state index in [0.717, 1.165) is 21.8 Å². The predicted octanol–water partition coefficient (Wildman–Crippen LogP) is 0.664. The third kappa shape index (κ3) is 2.56. The van der Waals surface area contributed by atoms with Gasteiger partial charge in [0.1, 0.15) is 18.7 Å². The van der Waals surface area contributed by atoms with Gasteiger partial charge >= 0.3 is 12.1 Å². The summed E-state index contributed by atoms with van der Waals surface area (Å²) >= 11 is 0. The summed E-state index contributed by atoms with van der Waals surface area (Å²) < 4.78 is 39.1. The van der Waals surface area contributed by atoms with Gasteiger partial charge in [0.2, 0.25) is 0 Å². The lowest BCUT2D eigenvalue weighted by molar-refractivity contribution is -0.141. The molecule has 2 heterocycles. The van der Waals surface area contributed by atoms with Crippen LogP contribution < -0.4 is 4.90 Å². The Morgan fingerprint density at radius 1 is 1.53 bits per heavy atom. The van der Waals surface area contributed by atoms with Gasteiger partial charge in [-0.25, -0.2) is 4.98 Å². The van der Waals surface area contributed by atoms with Gasteiger partial charge in [-0.05, 0) is 0 Å². The minimum Gasteiger partial charge on any atom is -0.480 e. The Hall–Kier alpha value is -2.39. The molecule has 7 nitrogen and oxygen atoms in total. The van der Waals surface area contributed by atoms with Crippen molar-refractivity contribution in [3.05, 3.63) is 18.1 Å². The van der Waals surface area contributed by atoms with Crippen LogP contribution in [0.4, 0.5) is 19.0 Å². The topological polar surface area (TPSA) is 83.6 Å². The summed E-state index contributed by atoms with van der Waals surface area (Å²) in [6, 6.07) is 0.727. The number of aliphatic carboxylic acids is 1. The van der Waals surface area contributed by atoms with E-state index in [9.17, 15) is 18.0 Å². The molecule has 1 N–H and O–H groups in total. The first-order valence-electron chi connectivity index (χ1n) is 5.00. The maximum absolute atomic E-state index is 12.7. The van der Waals surface area contributed by atoms with Crippen LogP contribution in [-0.2, 0) is 11.0 Å². The number of fused-ring (bicyclic) bond motifs is 1. The lowest BCUT2D eigenvalue weighted by atomic mass is 10.3. The molecule has 0 aliphatic carbocycles. The highest BCUT2D eigenvalue weighted by Crippen LogP contribution is 2.30. The average molecular weight is 275 g/mol. The molecule has 0 amide bonds. The summed E-state index contributed by atoms with van der Waals surface area (Å²) in [7, 11) is 1.34. The SMILES string of the molecule is CN(CC(=O)O)c1cc(C(F)(F)F)nc2ncnn12. The van der Waals surface area contributed by atoms with Crippen LogP contribution in [-0.4, -0.2) is 44.3 Å². The first kappa shape index (κ1) is 13.1. The zero-order chi connectivity index (χ0) is 14.2. The second-order valence-electron chi connectivity index (χ2n) is 3.72. The van der Waals surface area contributed by atoms with Gasteiger partial charge in [-0.2, -0.15) is 27.8 Å². The number of halogens is 3. The molecule has 2 aromatic rings. The van der Waals surface area contributed by atoms with Crippen molar-refractivity contribution in [1.29, 1.82) is 0 Å². The number of aromatic nitrogens is 4. The van der Waals surface area contributed by atoms with E-state index in [1.54, 1.807) is 0 Å². The molecule has 0 saturated carbocycles. The van der Waals surface area contributed by atoms with Gasteiger partial charge in [-0.3, -0.25) is 4.79 Å². The number of alkyl halides is 3. The van der Waals surface area contributed by atoms with Gasteiger partial charge in [0, 0.05) is 13.1 Å². The van der Waals surface area contributed by atoms with Crippen LogP contribution in [0.1, 0.15) is 5.69 Å². The Balaban J connectivity index is 2.57. The number of carboxylic acid groups (broad SMARTS) is 1. The molecule has 0 spiro atoms. The summed E-state index contributed by atoms with van der Waals surface area (Å²) in [5.74, 6) is -1.49. The molecule has 10 heteroatoms. The third-order valence-electron chi connectivity index (χ3n) is 2.29. The van der Waals surface area contributed by atoms with Crippen LogP contribution in [0.2, 0.25) is 0 Å². The van der Waals surface area contributed by atoms with Crippen LogP contribution in [0.5, 0.6) is 0 Å². The highest BCUT2D eigenvalue weighted by Gasteiger charge is 2.34. The van der Waals surface area contributed by atoms with Crippen molar-refractivity contribution in [2.75, 3.05) is 18.5 Å². The number of carboxylic acids is 1. The summed E-state index contributed by atoms with van der Waals surface area (Å²) in [5.41, 5.74) is -1.15. The number of rotatable bonds is 3. The van der Waals surface area contributed by atoms with Gasteiger partial charge < -0.3 is 10.0 Å². The van der Waals surface area contributed by atoms with Gasteiger partial charge in [0.05, 0.1) is 0 Å². The molecular formula is C9H8F3N5O2. The quantitative estimate of drug-likeness (QED) is 0.886. The van der Waals surface area contributed by atoms with Crippen molar-refractivity contribution in [2.45, 2.75) is 6.18 Å². The number of hydrogen-bond donors (Lipinski definition) is 1. The molecule has 0 fully saturated rings. The number of hydrogen-bond acceptors (Lipinski definition) is 5. The van der Waals surface area contributed by atoms with E-state index in [1.165, 1.54) is 7.05 Å². The molecule has 0 aromatic carbocycles. The number of anilines is 1. The Labute approximate surface area is 104 Å². The van der Waals surface area contributed by atoms with E-state index in [-0.39, 0.29) is 11.6 Å². The van der Waals surface area contributed by atoms with Gasteiger partial charge in [-0.1, -0.05) is 0 Å². The molecule has 0 radical (unpaired) electrons. The molecule has 0 unspecified atom stereocenters. The Morgan fingerprint density at radius 2 is 2.21 bits per heavy atom. The fourth-order valence-corrected chi connectivity index (χ4v) is 1.50. The Bertz CT molecular complexity index is 624. The van der Waals surface area contributed by atoms with E-state index < -0.39 is 24.4 Å². The molecule has 0 aliphatic heterocycles. The maximum atomic E-state index is 12.7. The highest BCUT2D eigenvalue weighted by atomic mass is 19.4. The van der Waals surface area contributed by atoms with Gasteiger partial charge in [0.25, 0.3) is 5.78 Å². The lowest BCUT2D eigenvalue weighted by Crippen LogP contribution is -2.28. The first-order valence-corrected chi connectivity index (χ1v) is 5.00. The van der Waals surface area contributed by atoms with Crippen molar-refractivity contribution >= 4 is 17.6 Å². The molecule has 2 rings (SSSR count). The monoisotopic (exact) mass is 275 g/mol. The fourth-order valence-electron chi connectivity index (χ4n) is 1.50. The van der Waals surface area contributed by atoms with Crippen LogP contribution in [0, 0.1) is 0 Å². The van der Waals surface area contributed by atoms with E-state index >= 15 is 0 Å². The summed E-state index contributed by atoms with van der Waals surface area (Å²) in [6.07, 6.45) is -3.60. The molecule has 0 saturated heterocycles. The van der Waals surface area contributed by atoms with E-state index in [2.05, 4.69) is 15.1 Å². The van der Waals surface area contributed by atoms with Crippen molar-refractivity contribution in [3.63, 3.8) is 0 Å². The van der Waals surface area contributed by atoms with Crippen LogP contribution >= 0.6 is 0 Å². The highest BCUT2D eigenvalue weighted by molar-refractivity contribution is 5.73. The Morgan fingerprint density at radius 3 is 2.79 bits per heavy atom. The molecule has 102 valence electrons. The fraction of sp³-hybridized carbons (Fsp3) is 0.333. The summed E-state index contributed by atoms with van der Waals surface area (Å²) in [6.45, 7) is -0.476. The zero-order valence-electron chi connectivity index (χ0n) is 9.59. The first-order chi connectivity index (χ1) is 8.79. The largest absolute Gasteiger partial charge is 0.480 e. The molecule has 0 aliphatic rings. The van der Waals surface area contributed by atoms with Crippen molar-refractivity contribution in [1.82, 2.24) is 19.6 Å². The smallest absolute Gasteiger partial charge is 0.433 e. The minimum atomic E-state index is -4.65. The molecule has 19 heavy (non-hydrogen) atoms. The standard InChI is InChI=1S/C9H8F3N5O2/c1-16(3-7(18)19)6-2-5(9(10,11)12)15-8-13-4-14-17(6)8/h2,4H,3H2,1H3,(H,18,19). The van der Waals surface area contributed by atoms with Crippen molar-refractivity contribution < 1.29 is 23.1 Å².